The molecule has 78 valence electrons. The zero-order chi connectivity index (χ0) is 10.0. The molecule has 5 nitrogen and oxygen atoms in total. The van der Waals surface area contributed by atoms with E-state index in [2.05, 4.69) is 0 Å². The van der Waals surface area contributed by atoms with Gasteiger partial charge in [-0.1, -0.05) is 0 Å². The van der Waals surface area contributed by atoms with E-state index in [4.69, 9.17) is 14.2 Å². The van der Waals surface area contributed by atoms with Crippen LogP contribution < -0.4 is 0 Å². The van der Waals surface area contributed by atoms with E-state index in [0.29, 0.717) is 0 Å². The summed E-state index contributed by atoms with van der Waals surface area (Å²) in [5.41, 5.74) is 0. The first-order valence-corrected chi connectivity index (χ1v) is 4.19. The molecule has 13 heavy (non-hydrogen) atoms. The van der Waals surface area contributed by atoms with Crippen LogP contribution in [0.15, 0.2) is 0 Å². The van der Waals surface area contributed by atoms with Crippen LogP contribution in [-0.4, -0.2) is 55.1 Å². The second kappa shape index (κ2) is 4.34. The van der Waals surface area contributed by atoms with E-state index in [1.54, 1.807) is 6.92 Å². The van der Waals surface area contributed by atoms with Crippen LogP contribution in [0.1, 0.15) is 6.92 Å². The molecule has 1 aliphatic rings. The lowest BCUT2D eigenvalue weighted by molar-refractivity contribution is -0.287. The molecule has 1 heterocycles. The molecular weight excluding hydrogens is 176 g/mol. The molecular formula is C8H16O5. The molecule has 0 aromatic rings. The summed E-state index contributed by atoms with van der Waals surface area (Å²) in [5, 5.41) is 19.0. The van der Waals surface area contributed by atoms with Crippen LogP contribution >= 0.6 is 0 Å². The van der Waals surface area contributed by atoms with Gasteiger partial charge in [0.15, 0.2) is 6.29 Å². The Hall–Kier alpha value is -0.200. The van der Waals surface area contributed by atoms with E-state index < -0.39 is 30.7 Å². The first-order valence-electron chi connectivity index (χ1n) is 4.19. The van der Waals surface area contributed by atoms with Crippen molar-refractivity contribution in [2.24, 2.45) is 0 Å². The number of aliphatic hydroxyl groups is 2. The first-order chi connectivity index (χ1) is 6.11. The average Bonchev–Trinajstić information content (AvgIpc) is 2.10. The van der Waals surface area contributed by atoms with Gasteiger partial charge >= 0.3 is 0 Å². The van der Waals surface area contributed by atoms with E-state index in [0.717, 1.165) is 0 Å². The van der Waals surface area contributed by atoms with Crippen LogP contribution in [0.5, 0.6) is 0 Å². The summed E-state index contributed by atoms with van der Waals surface area (Å²) in [5.74, 6) is 0. The molecule has 2 N–H and O–H groups in total. The lowest BCUT2D eigenvalue weighted by Gasteiger charge is -2.40. The van der Waals surface area contributed by atoms with Crippen molar-refractivity contribution in [2.75, 3.05) is 14.2 Å². The third kappa shape index (κ3) is 2.00. The zero-order valence-corrected chi connectivity index (χ0v) is 8.01. The van der Waals surface area contributed by atoms with Gasteiger partial charge in [0.2, 0.25) is 0 Å². The smallest absolute Gasteiger partial charge is 0.184 e. The summed E-state index contributed by atoms with van der Waals surface area (Å²) >= 11 is 0. The molecule has 0 aromatic heterocycles. The highest BCUT2D eigenvalue weighted by atomic mass is 16.7. The fourth-order valence-corrected chi connectivity index (χ4v) is 1.53. The van der Waals surface area contributed by atoms with E-state index in [1.807, 2.05) is 0 Å². The van der Waals surface area contributed by atoms with E-state index >= 15 is 0 Å². The van der Waals surface area contributed by atoms with Crippen molar-refractivity contribution in [3.63, 3.8) is 0 Å². The number of aliphatic hydroxyl groups excluding tert-OH is 2. The topological polar surface area (TPSA) is 68.2 Å². The van der Waals surface area contributed by atoms with Crippen LogP contribution in [0.2, 0.25) is 0 Å². The van der Waals surface area contributed by atoms with Gasteiger partial charge in [0.1, 0.15) is 18.3 Å². The highest BCUT2D eigenvalue weighted by molar-refractivity contribution is 4.88. The van der Waals surface area contributed by atoms with Crippen LogP contribution in [-0.2, 0) is 14.2 Å². The third-order valence-electron chi connectivity index (χ3n) is 2.32. The molecule has 0 aromatic carbocycles. The number of hydrogen-bond donors (Lipinski definition) is 2. The molecule has 0 saturated carbocycles. The molecule has 1 aliphatic heterocycles. The predicted molar refractivity (Wildman–Crippen MR) is 44.2 cm³/mol. The Labute approximate surface area is 77.2 Å². The Kier molecular flexibility index (Phi) is 3.63. The molecule has 0 amide bonds. The molecule has 1 fully saturated rings. The van der Waals surface area contributed by atoms with E-state index in [9.17, 15) is 10.2 Å². The van der Waals surface area contributed by atoms with Gasteiger partial charge in [0, 0.05) is 14.2 Å². The van der Waals surface area contributed by atoms with Gasteiger partial charge in [-0.2, -0.15) is 0 Å². The number of methoxy groups -OCH3 is 2. The van der Waals surface area contributed by atoms with Crippen LogP contribution in [0.25, 0.3) is 0 Å². The first kappa shape index (κ1) is 10.9. The molecule has 5 heteroatoms. The van der Waals surface area contributed by atoms with Crippen molar-refractivity contribution in [3.05, 3.63) is 0 Å². The maximum atomic E-state index is 9.62. The van der Waals surface area contributed by atoms with Crippen LogP contribution in [0, 0.1) is 0 Å². The quantitative estimate of drug-likeness (QED) is 0.594. The molecule has 0 radical (unpaired) electrons. The van der Waals surface area contributed by atoms with Crippen LogP contribution in [0.3, 0.4) is 0 Å². The number of ether oxygens (including phenoxy) is 3. The van der Waals surface area contributed by atoms with Crippen LogP contribution in [0.4, 0.5) is 0 Å². The Morgan fingerprint density at radius 3 is 2.08 bits per heavy atom. The Bertz CT molecular complexity index is 163. The molecule has 1 rings (SSSR count). The molecule has 0 aliphatic carbocycles. The summed E-state index contributed by atoms with van der Waals surface area (Å²) in [4.78, 5) is 0. The zero-order valence-electron chi connectivity index (χ0n) is 8.01. The number of hydrogen-bond acceptors (Lipinski definition) is 5. The van der Waals surface area contributed by atoms with Gasteiger partial charge in [0.05, 0.1) is 6.10 Å². The second-order valence-electron chi connectivity index (χ2n) is 3.12. The predicted octanol–water partition coefficient (Wildman–Crippen LogP) is -0.886. The van der Waals surface area contributed by atoms with Gasteiger partial charge in [-0.05, 0) is 6.92 Å². The summed E-state index contributed by atoms with van der Waals surface area (Å²) in [6, 6.07) is 0. The maximum Gasteiger partial charge on any atom is 0.184 e. The van der Waals surface area contributed by atoms with Gasteiger partial charge in [-0.25, -0.2) is 0 Å². The second-order valence-corrected chi connectivity index (χ2v) is 3.12. The third-order valence-corrected chi connectivity index (χ3v) is 2.32. The molecule has 4 unspecified atom stereocenters. The Morgan fingerprint density at radius 1 is 1.08 bits per heavy atom. The summed E-state index contributed by atoms with van der Waals surface area (Å²) in [7, 11) is 2.90. The molecule has 0 spiro atoms. The van der Waals surface area contributed by atoms with E-state index in [-0.39, 0.29) is 0 Å². The van der Waals surface area contributed by atoms with Crippen molar-refractivity contribution >= 4 is 0 Å². The Morgan fingerprint density at radius 2 is 1.62 bits per heavy atom. The fourth-order valence-electron chi connectivity index (χ4n) is 1.53. The van der Waals surface area contributed by atoms with Crippen molar-refractivity contribution < 1.29 is 24.4 Å². The largest absolute Gasteiger partial charge is 0.388 e. The van der Waals surface area contributed by atoms with Gasteiger partial charge in [-0.3, -0.25) is 0 Å². The highest BCUT2D eigenvalue weighted by Crippen LogP contribution is 2.23. The van der Waals surface area contributed by atoms with Gasteiger partial charge in [-0.15, -0.1) is 0 Å². The average molecular weight is 192 g/mol. The molecule has 5 atom stereocenters. The van der Waals surface area contributed by atoms with Gasteiger partial charge < -0.3 is 24.4 Å². The van der Waals surface area contributed by atoms with Crippen molar-refractivity contribution in [2.45, 2.75) is 37.6 Å². The lowest BCUT2D eigenvalue weighted by Crippen LogP contribution is -2.57. The standard InChI is InChI=1S/C8H16O5/c1-4-5(9)6(11-2)7(12-3)8(10)13-4/h4-10H,1-3H3/t4?,5-,6?,7?,8?/m0/s1. The minimum atomic E-state index is -1.05. The minimum absolute atomic E-state index is 0.452. The monoisotopic (exact) mass is 192 g/mol. The highest BCUT2D eigenvalue weighted by Gasteiger charge is 2.43. The van der Waals surface area contributed by atoms with Crippen molar-refractivity contribution in [1.29, 1.82) is 0 Å². The van der Waals surface area contributed by atoms with Gasteiger partial charge in [0.25, 0.3) is 0 Å². The fraction of sp³-hybridized carbons (Fsp3) is 1.00. The molecule has 0 bridgehead atoms. The van der Waals surface area contributed by atoms with Crippen molar-refractivity contribution in [3.8, 4) is 0 Å². The summed E-state index contributed by atoms with van der Waals surface area (Å²) in [6.45, 7) is 1.67. The Balaban J connectivity index is 2.71. The minimum Gasteiger partial charge on any atom is -0.388 e. The summed E-state index contributed by atoms with van der Waals surface area (Å²) < 4.78 is 15.0. The molecule has 1 saturated heterocycles. The number of rotatable bonds is 2. The maximum absolute atomic E-state index is 9.62. The van der Waals surface area contributed by atoms with Crippen molar-refractivity contribution in [1.82, 2.24) is 0 Å². The summed E-state index contributed by atoms with van der Waals surface area (Å²) in [6.07, 6.45) is -3.47. The lowest BCUT2D eigenvalue weighted by atomic mass is 10.00. The van der Waals surface area contributed by atoms with E-state index in [1.165, 1.54) is 14.2 Å². The SMILES string of the molecule is COC1C(O)OC(C)[C@H](O)C1OC. The normalized spacial score (nSPS) is 46.4.